The number of nitrogen functional groups attached to an aromatic ring is 1. The van der Waals surface area contributed by atoms with Crippen LogP contribution in [0.25, 0.3) is 0 Å². The lowest BCUT2D eigenvalue weighted by atomic mass is 10.1. The van der Waals surface area contributed by atoms with Crippen LogP contribution in [0.1, 0.15) is 38.1 Å². The molecule has 5 nitrogen and oxygen atoms in total. The highest BCUT2D eigenvalue weighted by Gasteiger charge is 2.21. The number of nitrogens with two attached hydrogens (primary N) is 1. The molecule has 0 atom stereocenters. The average molecular weight is 279 g/mol. The van der Waals surface area contributed by atoms with E-state index in [0.717, 1.165) is 5.69 Å². The second-order valence-corrected chi connectivity index (χ2v) is 5.46. The van der Waals surface area contributed by atoms with Crippen LogP contribution in [0.4, 0.5) is 11.4 Å². The van der Waals surface area contributed by atoms with Crippen molar-refractivity contribution < 1.29 is 9.90 Å². The van der Waals surface area contributed by atoms with Gasteiger partial charge in [-0.2, -0.15) is 0 Å². The van der Waals surface area contributed by atoms with Crippen LogP contribution in [0, 0.1) is 0 Å². The molecule has 0 aromatic heterocycles. The number of rotatable bonds is 6. The van der Waals surface area contributed by atoms with Gasteiger partial charge in [0, 0.05) is 25.3 Å². The highest BCUT2D eigenvalue weighted by atomic mass is 16.3. The van der Waals surface area contributed by atoms with E-state index in [4.69, 9.17) is 5.73 Å². The molecular formula is C15H25N3O2. The number of anilines is 2. The summed E-state index contributed by atoms with van der Waals surface area (Å²) in [6, 6.07) is 5.22. The zero-order chi connectivity index (χ0) is 15.3. The van der Waals surface area contributed by atoms with Gasteiger partial charge in [-0.3, -0.25) is 4.79 Å². The lowest BCUT2D eigenvalue weighted by molar-refractivity contribution is 0.0870. The highest BCUT2D eigenvalue weighted by Crippen LogP contribution is 2.25. The summed E-state index contributed by atoms with van der Waals surface area (Å²) in [5.41, 5.74) is 6.91. The van der Waals surface area contributed by atoms with Crippen molar-refractivity contribution in [2.45, 2.75) is 33.3 Å². The van der Waals surface area contributed by atoms with Crippen LogP contribution < -0.4 is 16.0 Å². The fraction of sp³-hybridized carbons (Fsp3) is 0.533. The van der Waals surface area contributed by atoms with Crippen molar-refractivity contribution in [1.29, 1.82) is 0 Å². The van der Waals surface area contributed by atoms with Crippen LogP contribution in [-0.2, 0) is 0 Å². The van der Waals surface area contributed by atoms with Crippen molar-refractivity contribution >= 4 is 17.3 Å². The van der Waals surface area contributed by atoms with Crippen molar-refractivity contribution in [2.75, 3.05) is 30.3 Å². The third kappa shape index (κ3) is 4.42. The van der Waals surface area contributed by atoms with Gasteiger partial charge < -0.3 is 21.1 Å². The summed E-state index contributed by atoms with van der Waals surface area (Å²) in [5, 5.41) is 12.8. The number of aliphatic hydroxyl groups is 1. The van der Waals surface area contributed by atoms with Gasteiger partial charge in [0.25, 0.3) is 5.91 Å². The van der Waals surface area contributed by atoms with E-state index < -0.39 is 5.60 Å². The molecule has 0 fully saturated rings. The fourth-order valence-corrected chi connectivity index (χ4v) is 2.09. The Labute approximate surface area is 120 Å². The topological polar surface area (TPSA) is 78.6 Å². The van der Waals surface area contributed by atoms with Crippen LogP contribution >= 0.6 is 0 Å². The number of hydrogen-bond donors (Lipinski definition) is 3. The normalized spacial score (nSPS) is 11.2. The van der Waals surface area contributed by atoms with Crippen molar-refractivity contribution in [3.63, 3.8) is 0 Å². The number of benzene rings is 1. The number of hydrogen-bond acceptors (Lipinski definition) is 4. The first kappa shape index (κ1) is 16.3. The highest BCUT2D eigenvalue weighted by molar-refractivity contribution is 6.00. The average Bonchev–Trinajstić information content (AvgIpc) is 2.35. The summed E-state index contributed by atoms with van der Waals surface area (Å²) >= 11 is 0. The molecule has 0 unspecified atom stereocenters. The summed E-state index contributed by atoms with van der Waals surface area (Å²) in [4.78, 5) is 14.1. The maximum atomic E-state index is 12.1. The van der Waals surface area contributed by atoms with Gasteiger partial charge in [-0.05, 0) is 45.9 Å². The maximum absolute atomic E-state index is 12.1. The van der Waals surface area contributed by atoms with Gasteiger partial charge in [0.15, 0.2) is 0 Å². The molecule has 112 valence electrons. The van der Waals surface area contributed by atoms with E-state index in [-0.39, 0.29) is 5.91 Å². The van der Waals surface area contributed by atoms with E-state index in [1.165, 1.54) is 0 Å². The molecule has 0 bridgehead atoms. The molecule has 0 aliphatic heterocycles. The van der Waals surface area contributed by atoms with Crippen LogP contribution in [0.5, 0.6) is 0 Å². The van der Waals surface area contributed by atoms with Gasteiger partial charge in [0.05, 0.1) is 16.9 Å². The molecule has 0 saturated heterocycles. The molecule has 1 rings (SSSR count). The second-order valence-electron chi connectivity index (χ2n) is 5.46. The summed E-state index contributed by atoms with van der Waals surface area (Å²) in [7, 11) is 0. The minimum atomic E-state index is -0.848. The van der Waals surface area contributed by atoms with Crippen molar-refractivity contribution in [2.24, 2.45) is 0 Å². The van der Waals surface area contributed by atoms with E-state index in [2.05, 4.69) is 5.32 Å². The smallest absolute Gasteiger partial charge is 0.253 e. The van der Waals surface area contributed by atoms with Crippen LogP contribution in [0.3, 0.4) is 0 Å². The summed E-state index contributed by atoms with van der Waals surface area (Å²) < 4.78 is 0. The van der Waals surface area contributed by atoms with E-state index in [1.807, 2.05) is 18.7 Å². The first-order valence-corrected chi connectivity index (χ1v) is 6.93. The van der Waals surface area contributed by atoms with Crippen molar-refractivity contribution in [3.8, 4) is 0 Å². The largest absolute Gasteiger partial charge is 0.399 e. The Kier molecular flexibility index (Phi) is 5.39. The zero-order valence-corrected chi connectivity index (χ0v) is 12.7. The molecule has 1 aromatic carbocycles. The SMILES string of the molecule is CCNC(=O)c1ccc(N)cc1N(CC)CC(C)(C)O. The predicted octanol–water partition coefficient (Wildman–Crippen LogP) is 1.62. The van der Waals surface area contributed by atoms with E-state index in [0.29, 0.717) is 30.9 Å². The Bertz CT molecular complexity index is 467. The van der Waals surface area contributed by atoms with Gasteiger partial charge in [0.2, 0.25) is 0 Å². The Hall–Kier alpha value is -1.75. The lowest BCUT2D eigenvalue weighted by Crippen LogP contribution is -2.39. The number of nitrogens with zero attached hydrogens (tertiary/aromatic N) is 1. The first-order chi connectivity index (χ1) is 9.28. The van der Waals surface area contributed by atoms with Gasteiger partial charge >= 0.3 is 0 Å². The quantitative estimate of drug-likeness (QED) is 0.691. The first-order valence-electron chi connectivity index (χ1n) is 6.93. The standard InChI is InChI=1S/C15H25N3O2/c1-5-17-14(19)12-8-7-11(16)9-13(12)18(6-2)10-15(3,4)20/h7-9,20H,5-6,10,16H2,1-4H3,(H,17,19). The van der Waals surface area contributed by atoms with Crippen LogP contribution in [-0.4, -0.2) is 36.2 Å². The van der Waals surface area contributed by atoms with E-state index in [9.17, 15) is 9.90 Å². The Morgan fingerprint density at radius 3 is 2.55 bits per heavy atom. The van der Waals surface area contributed by atoms with Gasteiger partial charge in [-0.15, -0.1) is 0 Å². The molecule has 5 heteroatoms. The lowest BCUT2D eigenvalue weighted by Gasteiger charge is -2.31. The Morgan fingerprint density at radius 2 is 2.05 bits per heavy atom. The van der Waals surface area contributed by atoms with Crippen LogP contribution in [0.15, 0.2) is 18.2 Å². The predicted molar refractivity (Wildman–Crippen MR) is 83.0 cm³/mol. The molecule has 20 heavy (non-hydrogen) atoms. The Balaban J connectivity index is 3.18. The minimum Gasteiger partial charge on any atom is -0.399 e. The van der Waals surface area contributed by atoms with E-state index in [1.54, 1.807) is 32.0 Å². The third-order valence-corrected chi connectivity index (χ3v) is 2.90. The summed E-state index contributed by atoms with van der Waals surface area (Å²) in [5.74, 6) is -0.128. The molecule has 4 N–H and O–H groups in total. The number of carbonyl (C=O) groups excluding carboxylic acids is 1. The molecule has 0 heterocycles. The zero-order valence-electron chi connectivity index (χ0n) is 12.7. The molecule has 1 aromatic rings. The number of nitrogens with one attached hydrogen (secondary N) is 1. The fourth-order valence-electron chi connectivity index (χ4n) is 2.09. The molecular weight excluding hydrogens is 254 g/mol. The van der Waals surface area contributed by atoms with E-state index >= 15 is 0 Å². The van der Waals surface area contributed by atoms with Crippen LogP contribution in [0.2, 0.25) is 0 Å². The number of carbonyl (C=O) groups is 1. The Morgan fingerprint density at radius 1 is 1.40 bits per heavy atom. The molecule has 0 saturated carbocycles. The third-order valence-electron chi connectivity index (χ3n) is 2.90. The summed E-state index contributed by atoms with van der Waals surface area (Å²) in [6.45, 7) is 9.03. The van der Waals surface area contributed by atoms with Gasteiger partial charge in [-0.1, -0.05) is 0 Å². The maximum Gasteiger partial charge on any atom is 0.253 e. The van der Waals surface area contributed by atoms with Gasteiger partial charge in [0.1, 0.15) is 0 Å². The second kappa shape index (κ2) is 6.61. The van der Waals surface area contributed by atoms with Crippen molar-refractivity contribution in [3.05, 3.63) is 23.8 Å². The molecule has 0 radical (unpaired) electrons. The minimum absolute atomic E-state index is 0.128. The van der Waals surface area contributed by atoms with Crippen molar-refractivity contribution in [1.82, 2.24) is 5.32 Å². The molecule has 0 spiro atoms. The molecule has 0 aliphatic carbocycles. The molecule has 1 amide bonds. The molecule has 0 aliphatic rings. The number of likely N-dealkylation sites (N-methyl/N-ethyl adjacent to an activating group) is 1. The summed E-state index contributed by atoms with van der Waals surface area (Å²) in [6.07, 6.45) is 0. The monoisotopic (exact) mass is 279 g/mol. The number of amides is 1. The van der Waals surface area contributed by atoms with Gasteiger partial charge in [-0.25, -0.2) is 0 Å².